The van der Waals surface area contributed by atoms with Crippen molar-refractivity contribution in [1.29, 1.82) is 0 Å². The Kier molecular flexibility index (Phi) is 23.3. The largest absolute Gasteiger partial charge is 0.460 e. The summed E-state index contributed by atoms with van der Waals surface area (Å²) in [4.78, 5) is 122. The van der Waals surface area contributed by atoms with E-state index in [0.29, 0.717) is 45.6 Å². The van der Waals surface area contributed by atoms with Crippen LogP contribution in [0.15, 0.2) is 12.7 Å². The van der Waals surface area contributed by atoms with Crippen LogP contribution in [0.25, 0.3) is 0 Å². The number of allylic oxidation sites excluding steroid dienone is 1. The first-order valence-electron chi connectivity index (χ1n) is 30.0. The molecule has 6 fully saturated rings. The molecule has 13 atom stereocenters. The van der Waals surface area contributed by atoms with Gasteiger partial charge in [0.05, 0.1) is 49.0 Å². The molecule has 4 aliphatic heterocycles. The molecule has 16 nitrogen and oxygen atoms in total. The summed E-state index contributed by atoms with van der Waals surface area (Å²) in [6.07, 6.45) is 11.8. The van der Waals surface area contributed by atoms with E-state index in [1.54, 1.807) is 57.4 Å². The molecule has 0 aromatic carbocycles. The zero-order valence-corrected chi connectivity index (χ0v) is 50.5. The van der Waals surface area contributed by atoms with Crippen LogP contribution < -0.4 is 0 Å². The van der Waals surface area contributed by atoms with Gasteiger partial charge >= 0.3 is 17.9 Å². The Balaban J connectivity index is 0.000000298. The lowest BCUT2D eigenvalue weighted by atomic mass is 9.84. The fourth-order valence-electron chi connectivity index (χ4n) is 13.4. The lowest BCUT2D eigenvalue weighted by Gasteiger charge is -2.35. The Hall–Kier alpha value is -4.31. The Morgan fingerprint density at radius 3 is 1.49 bits per heavy atom. The van der Waals surface area contributed by atoms with Crippen LogP contribution in [0.2, 0.25) is 0 Å². The van der Waals surface area contributed by atoms with E-state index < -0.39 is 77.3 Å². The minimum Gasteiger partial charge on any atom is -0.460 e. The lowest BCUT2D eigenvalue weighted by molar-refractivity contribution is -0.162. The van der Waals surface area contributed by atoms with E-state index in [0.717, 1.165) is 70.5 Å². The van der Waals surface area contributed by atoms with Gasteiger partial charge in [-0.05, 0) is 122 Å². The molecular formula is C63H100N2O14. The summed E-state index contributed by atoms with van der Waals surface area (Å²) in [6, 6.07) is -1.21. The standard InChI is InChI=1S/C35H55NO8.C28H45NO6/c1-9-10-17-27(38)32(43-23(3)37)24-16-14-12-11-13-15-18-42-22(2)25(20-29(40)44-34(4,5)6)33(41)36-21-26-30(35(26,7)8)31(36)28(39)19-24;1-18-20(15-23(32)35-27(2,3)4)26(33)29-16-21-24(28(21,5)6)25(29)22(31)14-19(17-30)12-10-8-7-9-11-13-34-18/h9,22,24-26,30-32H,1,10-21H2,2-8H3;17-21,24-25H,7-16H2,1-6H3/t22-,24+,25-,26-,30-,31+,32?;18-,19+,20-,21-,24-,25+/m00/s1. The second-order valence-corrected chi connectivity index (χ2v) is 27.2. The van der Waals surface area contributed by atoms with Crippen molar-refractivity contribution in [1.82, 2.24) is 9.80 Å². The zero-order chi connectivity index (χ0) is 58.8. The van der Waals surface area contributed by atoms with Crippen molar-refractivity contribution in [2.45, 2.75) is 247 Å². The molecule has 446 valence electrons. The van der Waals surface area contributed by atoms with E-state index in [9.17, 15) is 43.2 Å². The monoisotopic (exact) mass is 1110 g/mol. The minimum absolute atomic E-state index is 0.00258. The van der Waals surface area contributed by atoms with E-state index in [-0.39, 0.29) is 102 Å². The number of nitrogens with zero attached hydrogens (tertiary/aromatic N) is 2. The maximum atomic E-state index is 14.3. The fraction of sp³-hybridized carbons (Fsp3) is 0.825. The summed E-state index contributed by atoms with van der Waals surface area (Å²) in [6.45, 7) is 29.9. The van der Waals surface area contributed by atoms with Crippen LogP contribution in [0.3, 0.4) is 0 Å². The Morgan fingerprint density at radius 1 is 0.658 bits per heavy atom. The van der Waals surface area contributed by atoms with E-state index in [1.807, 2.05) is 13.8 Å². The van der Waals surface area contributed by atoms with E-state index in [4.69, 9.17) is 23.7 Å². The van der Waals surface area contributed by atoms with Crippen LogP contribution in [0.1, 0.15) is 206 Å². The molecule has 16 heteroatoms. The molecule has 0 aromatic rings. The molecule has 6 aliphatic rings. The highest BCUT2D eigenvalue weighted by Crippen LogP contribution is 2.66. The number of amides is 2. The minimum atomic E-state index is -1.02. The molecule has 4 heterocycles. The molecular weight excluding hydrogens is 1010 g/mol. The van der Waals surface area contributed by atoms with Gasteiger partial charge in [-0.1, -0.05) is 85.1 Å². The Bertz CT molecular complexity index is 2170. The molecule has 4 saturated heterocycles. The number of aldehydes is 1. The number of piperidine rings is 2. The van der Waals surface area contributed by atoms with Gasteiger partial charge in [0.25, 0.3) is 0 Å². The molecule has 0 radical (unpaired) electrons. The van der Waals surface area contributed by atoms with Crippen molar-refractivity contribution in [3.05, 3.63) is 12.7 Å². The number of esters is 3. The number of ether oxygens (including phenoxy) is 5. The lowest BCUT2D eigenvalue weighted by Crippen LogP contribution is -2.51. The summed E-state index contributed by atoms with van der Waals surface area (Å²) in [5.41, 5.74) is -1.45. The first-order valence-corrected chi connectivity index (χ1v) is 30.0. The number of hydrogen-bond donors (Lipinski definition) is 0. The zero-order valence-electron chi connectivity index (χ0n) is 50.5. The SMILES string of the molecule is C=CCCC(=O)C(OC(C)=O)[C@@H]1CCCCCCCO[C@@H](C)[C@H](CC(=O)OC(C)(C)C)C(=O)N2C[C@H]3[C@@H]([C@H]2C(=O)C1)C3(C)C.C[C@@H]1OCCCCCCC[C@@H](C=O)CC(=O)[C@@H]2[C@@H]3[C@H](CN2C(=O)[C@H]1CC(=O)OC(C)(C)C)C3(C)C. The maximum Gasteiger partial charge on any atom is 0.307 e. The molecule has 1 unspecified atom stereocenters. The number of rotatable bonds is 11. The topological polar surface area (TPSA) is 206 Å². The molecule has 79 heavy (non-hydrogen) atoms. The summed E-state index contributed by atoms with van der Waals surface area (Å²) in [7, 11) is 0. The van der Waals surface area contributed by atoms with Crippen molar-refractivity contribution in [3.63, 3.8) is 0 Å². The molecule has 6 rings (SSSR count). The fourth-order valence-corrected chi connectivity index (χ4v) is 13.4. The van der Waals surface area contributed by atoms with Gasteiger partial charge in [0.1, 0.15) is 17.5 Å². The van der Waals surface area contributed by atoms with Gasteiger partial charge in [-0.25, -0.2) is 0 Å². The van der Waals surface area contributed by atoms with Crippen LogP contribution in [0.5, 0.6) is 0 Å². The van der Waals surface area contributed by atoms with Crippen LogP contribution in [0, 0.1) is 58.2 Å². The molecule has 2 amide bonds. The van der Waals surface area contributed by atoms with Crippen LogP contribution in [0.4, 0.5) is 0 Å². The summed E-state index contributed by atoms with van der Waals surface area (Å²) < 4.78 is 28.9. The molecule has 0 aromatic heterocycles. The molecule has 0 bridgehead atoms. The Morgan fingerprint density at radius 2 is 1.08 bits per heavy atom. The maximum absolute atomic E-state index is 14.3. The highest BCUT2D eigenvalue weighted by molar-refractivity contribution is 5.95. The quantitative estimate of drug-likeness (QED) is 0.0817. The molecule has 2 aliphatic carbocycles. The van der Waals surface area contributed by atoms with Crippen molar-refractivity contribution in [3.8, 4) is 0 Å². The van der Waals surface area contributed by atoms with Crippen molar-refractivity contribution in [2.75, 3.05) is 26.3 Å². The third-order valence-electron chi connectivity index (χ3n) is 18.0. The summed E-state index contributed by atoms with van der Waals surface area (Å²) >= 11 is 0. The summed E-state index contributed by atoms with van der Waals surface area (Å²) in [5.74, 6) is -4.07. The third kappa shape index (κ3) is 17.8. The van der Waals surface area contributed by atoms with Crippen molar-refractivity contribution >= 4 is 53.4 Å². The van der Waals surface area contributed by atoms with Crippen molar-refractivity contribution < 1.29 is 66.8 Å². The average Bonchev–Trinajstić information content (AvgIpc) is 4.03. The number of ketones is 3. The predicted molar refractivity (Wildman–Crippen MR) is 299 cm³/mol. The van der Waals surface area contributed by atoms with Crippen molar-refractivity contribution in [2.24, 2.45) is 58.2 Å². The average molecular weight is 1110 g/mol. The van der Waals surface area contributed by atoms with Gasteiger partial charge in [0.2, 0.25) is 11.8 Å². The van der Waals surface area contributed by atoms with Crippen LogP contribution >= 0.6 is 0 Å². The highest BCUT2D eigenvalue weighted by atomic mass is 16.6. The number of hydrogen-bond acceptors (Lipinski definition) is 14. The second-order valence-electron chi connectivity index (χ2n) is 27.2. The third-order valence-corrected chi connectivity index (χ3v) is 18.0. The van der Waals surface area contributed by atoms with Gasteiger partial charge in [-0.2, -0.15) is 0 Å². The number of carbonyl (C=O) groups is 9. The number of carbonyl (C=O) groups excluding carboxylic acids is 9. The number of Topliss-reactive ketones (excluding diaryl/α,β-unsaturated/α-hetero) is 3. The predicted octanol–water partition coefficient (Wildman–Crippen LogP) is 9.97. The molecule has 0 spiro atoms. The normalized spacial score (nSPS) is 32.3. The first-order chi connectivity index (χ1) is 36.9. The second kappa shape index (κ2) is 28.1. The number of fused-ring (bicyclic) bond motifs is 6. The van der Waals surface area contributed by atoms with Gasteiger partial charge in [-0.15, -0.1) is 6.58 Å². The molecule has 0 N–H and O–H groups in total. The molecule has 2 saturated carbocycles. The van der Waals surface area contributed by atoms with Gasteiger partial charge < -0.3 is 38.3 Å². The highest BCUT2D eigenvalue weighted by Gasteiger charge is 2.70. The van der Waals surface area contributed by atoms with Gasteiger partial charge in [0, 0.05) is 64.3 Å². The van der Waals surface area contributed by atoms with E-state index in [1.165, 1.54) is 6.92 Å². The van der Waals surface area contributed by atoms with E-state index in [2.05, 4.69) is 34.3 Å². The van der Waals surface area contributed by atoms with Crippen LogP contribution in [-0.2, 0) is 66.8 Å². The first kappa shape index (κ1) is 65.5. The Labute approximate surface area is 472 Å². The van der Waals surface area contributed by atoms with Gasteiger partial charge in [-0.3, -0.25) is 38.4 Å². The van der Waals surface area contributed by atoms with Crippen LogP contribution in [-0.4, -0.2) is 131 Å². The van der Waals surface area contributed by atoms with Gasteiger partial charge in [0.15, 0.2) is 23.5 Å². The smallest absolute Gasteiger partial charge is 0.307 e. The summed E-state index contributed by atoms with van der Waals surface area (Å²) in [5, 5.41) is 0. The van der Waals surface area contributed by atoms with E-state index >= 15 is 0 Å².